The smallest absolute Gasteiger partial charge is 0.139 e. The number of nitrogens with one attached hydrogen (secondary N) is 1. The maximum atomic E-state index is 6.32. The topological polar surface area (TPSA) is 30.5 Å². The van der Waals surface area contributed by atoms with Crippen LogP contribution in [0.1, 0.15) is 27.7 Å². The lowest BCUT2D eigenvalue weighted by Crippen LogP contribution is -2.08. The molecule has 0 unspecified atom stereocenters. The van der Waals surface area contributed by atoms with Crippen LogP contribution in [0.5, 0.6) is 11.5 Å². The fourth-order valence-corrected chi connectivity index (χ4v) is 3.60. The van der Waals surface area contributed by atoms with E-state index in [1.165, 1.54) is 0 Å². The van der Waals surface area contributed by atoms with Crippen LogP contribution in [0.15, 0.2) is 40.1 Å². The van der Waals surface area contributed by atoms with Crippen molar-refractivity contribution in [1.82, 2.24) is 0 Å². The lowest BCUT2D eigenvalue weighted by atomic mass is 10.2. The Morgan fingerprint density at radius 2 is 1.61 bits per heavy atom. The van der Waals surface area contributed by atoms with E-state index in [2.05, 4.69) is 11.4 Å². The molecule has 0 bridgehead atoms. The molecule has 2 aromatic carbocycles. The third-order valence-electron chi connectivity index (χ3n) is 3.21. The molecule has 23 heavy (non-hydrogen) atoms. The average Bonchev–Trinajstić information content (AvgIpc) is 2.45. The standard InChI is InChI=1S/C18H20ClNO2S/c1-10(2)21-12-5-6-14-17(7-12)23-18-9-16(22-11(3)4)13(19)8-15(18)20-14/h5-11,20H,1-4H3. The largest absolute Gasteiger partial charge is 0.491 e. The minimum Gasteiger partial charge on any atom is -0.491 e. The van der Waals surface area contributed by atoms with E-state index in [0.29, 0.717) is 10.8 Å². The Morgan fingerprint density at radius 3 is 2.30 bits per heavy atom. The molecular formula is C18H20ClNO2S. The number of anilines is 2. The molecule has 0 fully saturated rings. The van der Waals surface area contributed by atoms with Crippen molar-refractivity contribution in [3.63, 3.8) is 0 Å². The third kappa shape index (κ3) is 3.70. The first-order valence-corrected chi connectivity index (χ1v) is 8.87. The Labute approximate surface area is 146 Å². The van der Waals surface area contributed by atoms with Gasteiger partial charge in [0.1, 0.15) is 11.5 Å². The molecule has 0 spiro atoms. The molecule has 0 aromatic heterocycles. The van der Waals surface area contributed by atoms with Gasteiger partial charge >= 0.3 is 0 Å². The van der Waals surface area contributed by atoms with Crippen molar-refractivity contribution in [3.05, 3.63) is 35.4 Å². The molecule has 0 amide bonds. The van der Waals surface area contributed by atoms with Crippen molar-refractivity contribution in [2.75, 3.05) is 5.32 Å². The summed E-state index contributed by atoms with van der Waals surface area (Å²) in [5.74, 6) is 1.59. The first-order chi connectivity index (χ1) is 10.9. The van der Waals surface area contributed by atoms with Crippen molar-refractivity contribution in [3.8, 4) is 11.5 Å². The maximum absolute atomic E-state index is 6.32. The molecule has 3 nitrogen and oxygen atoms in total. The monoisotopic (exact) mass is 349 g/mol. The van der Waals surface area contributed by atoms with Crippen LogP contribution >= 0.6 is 23.4 Å². The predicted molar refractivity (Wildman–Crippen MR) is 96.8 cm³/mol. The van der Waals surface area contributed by atoms with Crippen LogP contribution in [0.4, 0.5) is 11.4 Å². The first-order valence-electron chi connectivity index (χ1n) is 7.68. The molecule has 0 atom stereocenters. The van der Waals surface area contributed by atoms with Crippen molar-refractivity contribution in [2.45, 2.75) is 49.7 Å². The third-order valence-corrected chi connectivity index (χ3v) is 4.62. The van der Waals surface area contributed by atoms with Crippen molar-refractivity contribution in [2.24, 2.45) is 0 Å². The van der Waals surface area contributed by atoms with Gasteiger partial charge in [0.15, 0.2) is 0 Å². The van der Waals surface area contributed by atoms with Gasteiger partial charge < -0.3 is 14.8 Å². The van der Waals surface area contributed by atoms with E-state index in [1.807, 2.05) is 52.0 Å². The van der Waals surface area contributed by atoms with E-state index >= 15 is 0 Å². The van der Waals surface area contributed by atoms with Gasteiger partial charge in [-0.2, -0.15) is 0 Å². The van der Waals surface area contributed by atoms with Crippen LogP contribution in [-0.4, -0.2) is 12.2 Å². The van der Waals surface area contributed by atoms with Crippen molar-refractivity contribution < 1.29 is 9.47 Å². The molecule has 0 saturated heterocycles. The molecule has 5 heteroatoms. The Balaban J connectivity index is 1.91. The summed E-state index contributed by atoms with van der Waals surface area (Å²) in [5.41, 5.74) is 2.06. The Hall–Kier alpha value is -1.52. The summed E-state index contributed by atoms with van der Waals surface area (Å²) in [7, 11) is 0. The number of hydrogen-bond acceptors (Lipinski definition) is 4. The van der Waals surface area contributed by atoms with Gasteiger partial charge in [0.25, 0.3) is 0 Å². The van der Waals surface area contributed by atoms with E-state index in [-0.39, 0.29) is 12.2 Å². The van der Waals surface area contributed by atoms with E-state index in [1.54, 1.807) is 11.8 Å². The maximum Gasteiger partial charge on any atom is 0.139 e. The van der Waals surface area contributed by atoms with Crippen molar-refractivity contribution >= 4 is 34.7 Å². The highest BCUT2D eigenvalue weighted by Gasteiger charge is 2.19. The fourth-order valence-electron chi connectivity index (χ4n) is 2.36. The summed E-state index contributed by atoms with van der Waals surface area (Å²) >= 11 is 8.01. The predicted octanol–water partition coefficient (Wildman–Crippen LogP) is 6.12. The molecule has 0 saturated carbocycles. The molecule has 122 valence electrons. The van der Waals surface area contributed by atoms with Crippen LogP contribution in [-0.2, 0) is 0 Å². The molecular weight excluding hydrogens is 330 g/mol. The molecule has 0 radical (unpaired) electrons. The summed E-state index contributed by atoms with van der Waals surface area (Å²) in [6, 6.07) is 10.00. The number of benzene rings is 2. The number of fused-ring (bicyclic) bond motifs is 2. The first kappa shape index (κ1) is 16.3. The number of rotatable bonds is 4. The SMILES string of the molecule is CC(C)Oc1ccc2c(c1)Sc1cc(OC(C)C)c(Cl)cc1N2. The van der Waals surface area contributed by atoms with E-state index in [0.717, 1.165) is 26.9 Å². The Bertz CT molecular complexity index is 731. The summed E-state index contributed by atoms with van der Waals surface area (Å²) in [6.45, 7) is 8.04. The lowest BCUT2D eigenvalue weighted by molar-refractivity contribution is 0.242. The zero-order valence-corrected chi connectivity index (χ0v) is 15.2. The summed E-state index contributed by atoms with van der Waals surface area (Å²) in [4.78, 5) is 2.23. The summed E-state index contributed by atoms with van der Waals surface area (Å²) in [6.07, 6.45) is 0.247. The second-order valence-electron chi connectivity index (χ2n) is 6.00. The quantitative estimate of drug-likeness (QED) is 0.614. The molecule has 1 aliphatic heterocycles. The Morgan fingerprint density at radius 1 is 0.913 bits per heavy atom. The van der Waals surface area contributed by atoms with Gasteiger partial charge in [-0.15, -0.1) is 0 Å². The lowest BCUT2D eigenvalue weighted by Gasteiger charge is -2.23. The summed E-state index contributed by atoms with van der Waals surface area (Å²) < 4.78 is 11.6. The van der Waals surface area contributed by atoms with Crippen LogP contribution < -0.4 is 14.8 Å². The second kappa shape index (κ2) is 6.54. The number of hydrogen-bond donors (Lipinski definition) is 1. The van der Waals surface area contributed by atoms with Gasteiger partial charge in [-0.3, -0.25) is 0 Å². The fraction of sp³-hybridized carbons (Fsp3) is 0.333. The van der Waals surface area contributed by atoms with E-state index < -0.39 is 0 Å². The van der Waals surface area contributed by atoms with Gasteiger partial charge in [-0.25, -0.2) is 0 Å². The number of ether oxygens (including phenoxy) is 2. The molecule has 1 N–H and O–H groups in total. The number of halogens is 1. The minimum atomic E-state index is 0.0884. The van der Waals surface area contributed by atoms with E-state index in [4.69, 9.17) is 21.1 Å². The highest BCUT2D eigenvalue weighted by atomic mass is 35.5. The summed E-state index contributed by atoms with van der Waals surface area (Å²) in [5, 5.41) is 4.05. The Kier molecular flexibility index (Phi) is 4.64. The van der Waals surface area contributed by atoms with Gasteiger partial charge in [-0.05, 0) is 58.0 Å². The normalized spacial score (nSPS) is 12.7. The molecule has 0 aliphatic carbocycles. The minimum absolute atomic E-state index is 0.0884. The van der Waals surface area contributed by atoms with Crippen LogP contribution in [0.2, 0.25) is 5.02 Å². The van der Waals surface area contributed by atoms with Gasteiger partial charge in [0.2, 0.25) is 0 Å². The van der Waals surface area contributed by atoms with E-state index in [9.17, 15) is 0 Å². The molecule has 2 aromatic rings. The van der Waals surface area contributed by atoms with Gasteiger partial charge in [-0.1, -0.05) is 23.4 Å². The zero-order chi connectivity index (χ0) is 16.6. The van der Waals surface area contributed by atoms with Gasteiger partial charge in [0.05, 0.1) is 28.6 Å². The zero-order valence-electron chi connectivity index (χ0n) is 13.6. The van der Waals surface area contributed by atoms with Gasteiger partial charge in [0, 0.05) is 9.79 Å². The van der Waals surface area contributed by atoms with Crippen LogP contribution in [0.25, 0.3) is 0 Å². The molecule has 3 rings (SSSR count). The molecule has 1 aliphatic rings. The van der Waals surface area contributed by atoms with Crippen LogP contribution in [0.3, 0.4) is 0 Å². The van der Waals surface area contributed by atoms with Crippen LogP contribution in [0, 0.1) is 0 Å². The molecule has 1 heterocycles. The highest BCUT2D eigenvalue weighted by Crippen LogP contribution is 2.48. The highest BCUT2D eigenvalue weighted by molar-refractivity contribution is 7.99. The average molecular weight is 350 g/mol. The van der Waals surface area contributed by atoms with Crippen molar-refractivity contribution in [1.29, 1.82) is 0 Å². The second-order valence-corrected chi connectivity index (χ2v) is 7.49.